The molecule has 1 N–H and O–H groups in total. The average Bonchev–Trinajstić information content (AvgIpc) is 1.96. The van der Waals surface area contributed by atoms with Crippen molar-refractivity contribution >= 4 is 22.6 Å². The maximum absolute atomic E-state index is 9.69. The van der Waals surface area contributed by atoms with Crippen molar-refractivity contribution in [3.8, 4) is 5.75 Å². The second-order valence-corrected chi connectivity index (χ2v) is 4.56. The number of phenolic OH excluding ortho intramolecular Hbond substituents is 1. The minimum atomic E-state index is 0.397. The number of hydrogen-bond acceptors (Lipinski definition) is 2. The molecule has 0 amide bonds. The molecule has 1 fully saturated rings. The summed E-state index contributed by atoms with van der Waals surface area (Å²) in [5, 5.41) is 9.69. The highest BCUT2D eigenvalue weighted by Gasteiger charge is 2.23. The van der Waals surface area contributed by atoms with Gasteiger partial charge in [0.15, 0.2) is 0 Å². The Morgan fingerprint density at radius 2 is 2.15 bits per heavy atom. The standard InChI is InChI=1S/C10H11IO2/c1-6-2-10(12)8(3-9(6)11)7-4-13-5-7/h2-3,7,12H,4-5H2,1H3. The largest absolute Gasteiger partial charge is 0.508 e. The number of phenols is 1. The van der Waals surface area contributed by atoms with Gasteiger partial charge in [-0.25, -0.2) is 0 Å². The Morgan fingerprint density at radius 1 is 1.46 bits per heavy atom. The van der Waals surface area contributed by atoms with Crippen LogP contribution in [0.4, 0.5) is 0 Å². The van der Waals surface area contributed by atoms with E-state index in [-0.39, 0.29) is 0 Å². The van der Waals surface area contributed by atoms with Crippen molar-refractivity contribution in [3.63, 3.8) is 0 Å². The van der Waals surface area contributed by atoms with Crippen molar-refractivity contribution in [2.75, 3.05) is 13.2 Å². The van der Waals surface area contributed by atoms with Gasteiger partial charge in [0.2, 0.25) is 0 Å². The average molecular weight is 290 g/mol. The van der Waals surface area contributed by atoms with E-state index in [1.165, 1.54) is 3.57 Å². The third kappa shape index (κ3) is 1.67. The van der Waals surface area contributed by atoms with E-state index in [9.17, 15) is 5.11 Å². The van der Waals surface area contributed by atoms with Gasteiger partial charge in [0.25, 0.3) is 0 Å². The van der Waals surface area contributed by atoms with E-state index in [2.05, 4.69) is 28.7 Å². The lowest BCUT2D eigenvalue weighted by atomic mass is 9.96. The van der Waals surface area contributed by atoms with Crippen molar-refractivity contribution < 1.29 is 9.84 Å². The molecule has 1 saturated heterocycles. The predicted molar refractivity (Wildman–Crippen MR) is 59.1 cm³/mol. The summed E-state index contributed by atoms with van der Waals surface area (Å²) in [5.74, 6) is 0.806. The number of aromatic hydroxyl groups is 1. The first-order chi connectivity index (χ1) is 6.18. The highest BCUT2D eigenvalue weighted by Crippen LogP contribution is 2.33. The molecule has 1 aliphatic heterocycles. The summed E-state index contributed by atoms with van der Waals surface area (Å²) < 4.78 is 6.31. The second kappa shape index (κ2) is 3.46. The van der Waals surface area contributed by atoms with Crippen LogP contribution in [0.1, 0.15) is 17.0 Å². The topological polar surface area (TPSA) is 29.5 Å². The normalized spacial score (nSPS) is 17.1. The summed E-state index contributed by atoms with van der Waals surface area (Å²) in [6, 6.07) is 3.88. The molecule has 0 radical (unpaired) electrons. The van der Waals surface area contributed by atoms with Gasteiger partial charge in [-0.15, -0.1) is 0 Å². The lowest BCUT2D eigenvalue weighted by Crippen LogP contribution is -2.25. The van der Waals surface area contributed by atoms with Gasteiger partial charge >= 0.3 is 0 Å². The van der Waals surface area contributed by atoms with Crippen LogP contribution in [0.2, 0.25) is 0 Å². The van der Waals surface area contributed by atoms with Crippen LogP contribution in [0.3, 0.4) is 0 Å². The lowest BCUT2D eigenvalue weighted by molar-refractivity contribution is 0.00750. The first-order valence-corrected chi connectivity index (χ1v) is 5.33. The van der Waals surface area contributed by atoms with E-state index >= 15 is 0 Å². The highest BCUT2D eigenvalue weighted by atomic mass is 127. The molecule has 13 heavy (non-hydrogen) atoms. The van der Waals surface area contributed by atoms with E-state index in [0.29, 0.717) is 11.7 Å². The fraction of sp³-hybridized carbons (Fsp3) is 0.400. The molecule has 1 aromatic carbocycles. The smallest absolute Gasteiger partial charge is 0.119 e. The third-order valence-corrected chi connectivity index (χ3v) is 3.55. The molecule has 0 aromatic heterocycles. The van der Waals surface area contributed by atoms with E-state index in [1.54, 1.807) is 0 Å². The van der Waals surface area contributed by atoms with Crippen LogP contribution in [-0.2, 0) is 4.74 Å². The van der Waals surface area contributed by atoms with Crippen LogP contribution in [0.25, 0.3) is 0 Å². The summed E-state index contributed by atoms with van der Waals surface area (Å²) >= 11 is 2.29. The van der Waals surface area contributed by atoms with Gasteiger partial charge < -0.3 is 9.84 Å². The zero-order valence-electron chi connectivity index (χ0n) is 7.38. The van der Waals surface area contributed by atoms with Gasteiger partial charge in [-0.3, -0.25) is 0 Å². The van der Waals surface area contributed by atoms with Gasteiger partial charge in [0.05, 0.1) is 13.2 Å². The van der Waals surface area contributed by atoms with E-state index in [4.69, 9.17) is 4.74 Å². The molecular weight excluding hydrogens is 279 g/mol. The minimum Gasteiger partial charge on any atom is -0.508 e. The Hall–Kier alpha value is -0.290. The van der Waals surface area contributed by atoms with Gasteiger partial charge in [0, 0.05) is 15.1 Å². The maximum atomic E-state index is 9.69. The molecule has 3 heteroatoms. The Kier molecular flexibility index (Phi) is 2.47. The van der Waals surface area contributed by atoms with Gasteiger partial charge in [-0.1, -0.05) is 0 Å². The van der Waals surface area contributed by atoms with Crippen LogP contribution < -0.4 is 0 Å². The third-order valence-electron chi connectivity index (χ3n) is 2.39. The maximum Gasteiger partial charge on any atom is 0.119 e. The first-order valence-electron chi connectivity index (χ1n) is 4.25. The van der Waals surface area contributed by atoms with Crippen LogP contribution in [0.5, 0.6) is 5.75 Å². The Morgan fingerprint density at radius 3 is 2.69 bits per heavy atom. The quantitative estimate of drug-likeness (QED) is 0.805. The minimum absolute atomic E-state index is 0.397. The predicted octanol–water partition coefficient (Wildman–Crippen LogP) is 2.42. The SMILES string of the molecule is Cc1cc(O)c(C2COC2)cc1I. The van der Waals surface area contributed by atoms with Crippen LogP contribution in [0.15, 0.2) is 12.1 Å². The zero-order chi connectivity index (χ0) is 9.42. The van der Waals surface area contributed by atoms with Gasteiger partial charge in [-0.2, -0.15) is 0 Å². The monoisotopic (exact) mass is 290 g/mol. The fourth-order valence-corrected chi connectivity index (χ4v) is 1.92. The molecule has 2 rings (SSSR count). The number of rotatable bonds is 1. The Bertz CT molecular complexity index is 332. The van der Waals surface area contributed by atoms with Crippen molar-refractivity contribution in [1.29, 1.82) is 0 Å². The van der Waals surface area contributed by atoms with Gasteiger partial charge in [-0.05, 0) is 47.2 Å². The molecule has 0 unspecified atom stereocenters. The molecule has 1 aliphatic rings. The number of aryl methyl sites for hydroxylation is 1. The molecule has 1 heterocycles. The molecule has 0 spiro atoms. The summed E-state index contributed by atoms with van der Waals surface area (Å²) in [4.78, 5) is 0. The summed E-state index contributed by atoms with van der Waals surface area (Å²) in [7, 11) is 0. The number of benzene rings is 1. The summed E-state index contributed by atoms with van der Waals surface area (Å²) in [6.07, 6.45) is 0. The van der Waals surface area contributed by atoms with Crippen molar-refractivity contribution in [1.82, 2.24) is 0 Å². The van der Waals surface area contributed by atoms with Gasteiger partial charge in [0.1, 0.15) is 5.75 Å². The van der Waals surface area contributed by atoms with Crippen LogP contribution in [0, 0.1) is 10.5 Å². The summed E-state index contributed by atoms with van der Waals surface area (Å²) in [6.45, 7) is 3.49. The van der Waals surface area contributed by atoms with Crippen LogP contribution >= 0.6 is 22.6 Å². The summed E-state index contributed by atoms with van der Waals surface area (Å²) in [5.41, 5.74) is 2.16. The van der Waals surface area contributed by atoms with E-state index in [1.807, 2.05) is 13.0 Å². The fourth-order valence-electron chi connectivity index (χ4n) is 1.42. The zero-order valence-corrected chi connectivity index (χ0v) is 9.54. The second-order valence-electron chi connectivity index (χ2n) is 3.39. The lowest BCUT2D eigenvalue weighted by Gasteiger charge is -2.27. The molecule has 0 atom stereocenters. The molecule has 0 aliphatic carbocycles. The molecule has 2 nitrogen and oxygen atoms in total. The van der Waals surface area contributed by atoms with E-state index in [0.717, 1.165) is 24.3 Å². The number of ether oxygens (including phenoxy) is 1. The Balaban J connectivity index is 2.39. The molecule has 0 saturated carbocycles. The highest BCUT2D eigenvalue weighted by molar-refractivity contribution is 14.1. The van der Waals surface area contributed by atoms with Crippen LogP contribution in [-0.4, -0.2) is 18.3 Å². The number of hydrogen-bond donors (Lipinski definition) is 1. The van der Waals surface area contributed by atoms with Crippen molar-refractivity contribution in [2.45, 2.75) is 12.8 Å². The van der Waals surface area contributed by atoms with Crippen molar-refractivity contribution in [2.24, 2.45) is 0 Å². The Labute approximate surface area is 91.1 Å². The molecule has 1 aromatic rings. The molecule has 0 bridgehead atoms. The molecular formula is C10H11IO2. The van der Waals surface area contributed by atoms with Crippen molar-refractivity contribution in [3.05, 3.63) is 26.8 Å². The first kappa shape index (κ1) is 9.27. The number of halogens is 1. The van der Waals surface area contributed by atoms with E-state index < -0.39 is 0 Å². The molecule has 70 valence electrons.